The molecule has 0 amide bonds. The minimum absolute atomic E-state index is 0.00326. The summed E-state index contributed by atoms with van der Waals surface area (Å²) < 4.78 is 0. The predicted molar refractivity (Wildman–Crippen MR) is 368 cm³/mol. The van der Waals surface area contributed by atoms with Gasteiger partial charge in [0.25, 0.3) is 6.71 Å². The van der Waals surface area contributed by atoms with Gasteiger partial charge < -0.3 is 19.6 Å². The van der Waals surface area contributed by atoms with E-state index in [0.717, 1.165) is 17.5 Å². The summed E-state index contributed by atoms with van der Waals surface area (Å²) in [5, 5.41) is 0. The number of piperidine rings is 1. The van der Waals surface area contributed by atoms with E-state index in [0.29, 0.717) is 17.5 Å². The lowest BCUT2D eigenvalue weighted by Gasteiger charge is -2.49. The van der Waals surface area contributed by atoms with E-state index in [2.05, 4.69) is 289 Å². The predicted octanol–water partition coefficient (Wildman–Crippen LogP) is 16.6. The van der Waals surface area contributed by atoms with Crippen LogP contribution in [0.2, 0.25) is 0 Å². The van der Waals surface area contributed by atoms with Crippen LogP contribution in [0.4, 0.5) is 56.9 Å². The van der Waals surface area contributed by atoms with Crippen LogP contribution in [0.15, 0.2) is 259 Å². The van der Waals surface area contributed by atoms with Crippen molar-refractivity contribution in [3.8, 4) is 33.4 Å². The molecule has 3 aliphatic carbocycles. The molecule has 7 heteroatoms. The molecule has 416 valence electrons. The fourth-order valence-electron chi connectivity index (χ4n) is 18.2. The van der Waals surface area contributed by atoms with Gasteiger partial charge in [-0.3, -0.25) is 0 Å². The van der Waals surface area contributed by atoms with E-state index in [4.69, 9.17) is 0 Å². The zero-order valence-corrected chi connectivity index (χ0v) is 50.2. The Morgan fingerprint density at radius 1 is 0.379 bits per heavy atom. The number of fused-ring (bicyclic) bond motifs is 10. The van der Waals surface area contributed by atoms with Crippen molar-refractivity contribution >= 4 is 115 Å². The molecule has 3 saturated carbocycles. The number of nitrogens with zero attached hydrogens (tertiary/aromatic N) is 4. The standard InChI is InChI=1S/C80H64B2N4S/c1-79(2,3)54-42-71-76-72(43-54)86(78-62(51-25-11-5-12-26-51)37-53(50-23-9-4-10-24-50)38-63(78)52-27-13-6-14-28-52)70-47-74-67(46-66(70)81(76)64-33-19-21-35-68(64)84(71)57-29-15-7-16-30-57)82-65-34-20-22-36-69(65)85(58-31-17-8-18-32-58)73-44-59(45-75(87-74)77(73)82)83-60-40-55-39-56-41-61(83)49-80(55,56)48-60/h4-38,42-47,55-56,60-61H,39-41,48-49H2,1-3H3. The highest BCUT2D eigenvalue weighted by molar-refractivity contribution is 8.00. The third kappa shape index (κ3) is 7.24. The molecule has 0 N–H and O–H groups in total. The summed E-state index contributed by atoms with van der Waals surface area (Å²) in [7, 11) is 0. The number of para-hydroxylation sites is 4. The van der Waals surface area contributed by atoms with Crippen molar-refractivity contribution in [2.45, 2.75) is 80.2 Å². The maximum absolute atomic E-state index is 2.97. The van der Waals surface area contributed by atoms with Gasteiger partial charge in [0.05, 0.1) is 5.69 Å². The van der Waals surface area contributed by atoms with Crippen LogP contribution in [-0.2, 0) is 5.41 Å². The second-order valence-electron chi connectivity index (χ2n) is 27.2. The van der Waals surface area contributed by atoms with Crippen LogP contribution in [0.3, 0.4) is 0 Å². The lowest BCUT2D eigenvalue weighted by molar-refractivity contribution is 0.00223. The van der Waals surface area contributed by atoms with E-state index in [1.807, 2.05) is 11.8 Å². The largest absolute Gasteiger partial charge is 0.365 e. The summed E-state index contributed by atoms with van der Waals surface area (Å²) in [5.74, 6) is 1.81. The number of rotatable bonds is 7. The number of hydrogen-bond donors (Lipinski definition) is 0. The van der Waals surface area contributed by atoms with Gasteiger partial charge in [0.1, 0.15) is 0 Å². The van der Waals surface area contributed by atoms with Crippen LogP contribution in [0, 0.1) is 17.3 Å². The smallest absolute Gasteiger partial charge is 0.252 e. The van der Waals surface area contributed by atoms with E-state index in [1.165, 1.54) is 165 Å². The molecule has 4 nitrogen and oxygen atoms in total. The van der Waals surface area contributed by atoms with Gasteiger partial charge in [0, 0.05) is 84.2 Å². The molecule has 8 aliphatic rings. The van der Waals surface area contributed by atoms with Crippen molar-refractivity contribution in [3.05, 3.63) is 254 Å². The fraction of sp³-hybridized carbons (Fsp3) is 0.175. The van der Waals surface area contributed by atoms with E-state index < -0.39 is 0 Å². The quantitative estimate of drug-likeness (QED) is 0.147. The molecule has 3 bridgehead atoms. The molecule has 11 aromatic carbocycles. The van der Waals surface area contributed by atoms with Gasteiger partial charge in [-0.25, -0.2) is 0 Å². The van der Waals surface area contributed by atoms with Gasteiger partial charge in [-0.15, -0.1) is 0 Å². The zero-order valence-electron chi connectivity index (χ0n) is 49.4. The Morgan fingerprint density at radius 3 is 1.41 bits per heavy atom. The second kappa shape index (κ2) is 18.6. The van der Waals surface area contributed by atoms with Crippen molar-refractivity contribution in [2.75, 3.05) is 19.6 Å². The van der Waals surface area contributed by atoms with Gasteiger partial charge in [-0.05, 0) is 189 Å². The maximum atomic E-state index is 2.97. The minimum atomic E-state index is -0.186. The molecule has 4 atom stereocenters. The third-order valence-electron chi connectivity index (χ3n) is 21.9. The van der Waals surface area contributed by atoms with Gasteiger partial charge in [0.2, 0.25) is 6.71 Å². The molecule has 0 aromatic heterocycles. The average Bonchev–Trinajstić information content (AvgIpc) is 1.70. The molecular weight excluding hydrogens is 1070 g/mol. The van der Waals surface area contributed by atoms with Crippen LogP contribution in [0.25, 0.3) is 33.4 Å². The highest BCUT2D eigenvalue weighted by Crippen LogP contribution is 2.73. The molecule has 5 heterocycles. The summed E-state index contributed by atoms with van der Waals surface area (Å²) in [6, 6.07) is 96.5. The molecule has 5 aliphatic heterocycles. The first-order chi connectivity index (χ1) is 42.7. The highest BCUT2D eigenvalue weighted by Gasteiger charge is 2.68. The maximum Gasteiger partial charge on any atom is 0.252 e. The van der Waals surface area contributed by atoms with Gasteiger partial charge in [0.15, 0.2) is 0 Å². The lowest BCUT2D eigenvalue weighted by Crippen LogP contribution is -2.64. The number of benzene rings is 11. The molecule has 87 heavy (non-hydrogen) atoms. The van der Waals surface area contributed by atoms with Crippen molar-refractivity contribution in [3.63, 3.8) is 0 Å². The Morgan fingerprint density at radius 2 is 0.862 bits per heavy atom. The van der Waals surface area contributed by atoms with Crippen molar-refractivity contribution < 1.29 is 0 Å². The van der Waals surface area contributed by atoms with Gasteiger partial charge in [-0.1, -0.05) is 208 Å². The molecule has 19 rings (SSSR count). The summed E-state index contributed by atoms with van der Waals surface area (Å²) in [5.41, 5.74) is 29.5. The fourth-order valence-corrected chi connectivity index (χ4v) is 19.5. The highest BCUT2D eigenvalue weighted by atomic mass is 32.2. The molecular formula is C80H64B2N4S. The van der Waals surface area contributed by atoms with E-state index >= 15 is 0 Å². The zero-order chi connectivity index (χ0) is 57.4. The summed E-state index contributed by atoms with van der Waals surface area (Å²) in [6.45, 7) is 7.09. The van der Waals surface area contributed by atoms with Crippen LogP contribution >= 0.6 is 11.8 Å². The van der Waals surface area contributed by atoms with Crippen LogP contribution in [0.1, 0.15) is 58.4 Å². The van der Waals surface area contributed by atoms with E-state index in [1.54, 1.807) is 0 Å². The van der Waals surface area contributed by atoms with E-state index in [9.17, 15) is 0 Å². The normalized spacial score (nSPS) is 20.9. The minimum Gasteiger partial charge on any atom is -0.365 e. The molecule has 4 unspecified atom stereocenters. The SMILES string of the molecule is CC(C)(C)c1cc2c3c(c1)N(c1c(-c4ccccc4)cc(-c4ccccc4)cc1-c1ccccc1)c1cc4c(cc1B3c1ccccc1N2c1ccccc1)B1c2ccccc2N(c2ccccc2)c2cc(N3C5CC6CC7CC3CC67C5)cc(c21)S4. The number of anilines is 10. The van der Waals surface area contributed by atoms with Gasteiger partial charge >= 0.3 is 0 Å². The molecule has 1 saturated heterocycles. The summed E-state index contributed by atoms with van der Waals surface area (Å²) in [6.07, 6.45) is 6.89. The Balaban J connectivity index is 0.925. The molecule has 0 radical (unpaired) electrons. The first-order valence-corrected chi connectivity index (χ1v) is 32.6. The Labute approximate surface area is 516 Å². The van der Waals surface area contributed by atoms with Gasteiger partial charge in [-0.2, -0.15) is 0 Å². The van der Waals surface area contributed by atoms with Crippen LogP contribution < -0.4 is 52.4 Å². The van der Waals surface area contributed by atoms with Crippen molar-refractivity contribution in [2.24, 2.45) is 17.3 Å². The average molecular weight is 1140 g/mol. The van der Waals surface area contributed by atoms with Crippen molar-refractivity contribution in [1.82, 2.24) is 0 Å². The summed E-state index contributed by atoms with van der Waals surface area (Å²) in [4.78, 5) is 13.6. The monoisotopic (exact) mass is 1130 g/mol. The lowest BCUT2D eigenvalue weighted by atomic mass is 9.31. The van der Waals surface area contributed by atoms with Crippen LogP contribution in [-0.4, -0.2) is 25.5 Å². The third-order valence-corrected chi connectivity index (χ3v) is 23.0. The Bertz CT molecular complexity index is 4560. The first kappa shape index (κ1) is 50.3. The molecule has 4 fully saturated rings. The molecule has 11 aromatic rings. The first-order valence-electron chi connectivity index (χ1n) is 31.8. The summed E-state index contributed by atoms with van der Waals surface area (Å²) >= 11 is 2.03. The van der Waals surface area contributed by atoms with Crippen LogP contribution in [0.5, 0.6) is 0 Å². The Kier molecular flexibility index (Phi) is 10.7. The number of hydrogen-bond acceptors (Lipinski definition) is 5. The van der Waals surface area contributed by atoms with E-state index in [-0.39, 0.29) is 18.8 Å². The molecule has 1 spiro atoms. The van der Waals surface area contributed by atoms with Crippen molar-refractivity contribution in [1.29, 1.82) is 0 Å². The topological polar surface area (TPSA) is 13.0 Å². The second-order valence-corrected chi connectivity index (χ2v) is 28.3. The Hall–Kier alpha value is -8.90.